The predicted octanol–water partition coefficient (Wildman–Crippen LogP) is 4.11. The Morgan fingerprint density at radius 1 is 0.588 bits per heavy atom. The maximum atomic E-state index is 12.4. The third-order valence-electron chi connectivity index (χ3n) is 1.43. The maximum absolute atomic E-state index is 12.4. The molecular formula is C6H4F10S. The van der Waals surface area contributed by atoms with E-state index in [1.54, 1.807) is 0 Å². The number of alkyl halides is 10. The van der Waals surface area contributed by atoms with E-state index in [2.05, 4.69) is 0 Å². The zero-order valence-electron chi connectivity index (χ0n) is 7.50. The average molecular weight is 298 g/mol. The summed E-state index contributed by atoms with van der Waals surface area (Å²) in [5, 5.41) is 0. The second-order valence-corrected chi connectivity index (χ2v) is 3.82. The summed E-state index contributed by atoms with van der Waals surface area (Å²) in [5.41, 5.74) is -8.13. The molecule has 2 atom stereocenters. The summed E-state index contributed by atoms with van der Waals surface area (Å²) in [7, 11) is 0. The first-order valence-electron chi connectivity index (χ1n) is 3.69. The third-order valence-corrected chi connectivity index (χ3v) is 2.53. The zero-order chi connectivity index (χ0) is 14.0. The Bertz CT molecular complexity index is 217. The first-order valence-corrected chi connectivity index (χ1v) is 4.63. The summed E-state index contributed by atoms with van der Waals surface area (Å²) >= 11 is -1.62. The number of hydrogen-bond donors (Lipinski definition) is 0. The molecule has 0 bridgehead atoms. The van der Waals surface area contributed by atoms with Gasteiger partial charge in [-0.25, -0.2) is 26.3 Å². The highest BCUT2D eigenvalue weighted by molar-refractivity contribution is 8.00. The van der Waals surface area contributed by atoms with E-state index in [4.69, 9.17) is 0 Å². The van der Waals surface area contributed by atoms with Crippen LogP contribution in [0.2, 0.25) is 0 Å². The highest BCUT2D eigenvalue weighted by atomic mass is 32.2. The van der Waals surface area contributed by atoms with E-state index in [1.165, 1.54) is 0 Å². The molecule has 0 radical (unpaired) electrons. The van der Waals surface area contributed by atoms with Crippen molar-refractivity contribution in [1.82, 2.24) is 0 Å². The molecule has 0 aliphatic rings. The quantitative estimate of drug-likeness (QED) is 0.665. The van der Waals surface area contributed by atoms with Gasteiger partial charge in [-0.2, -0.15) is 17.6 Å². The third kappa shape index (κ3) is 3.81. The van der Waals surface area contributed by atoms with Crippen LogP contribution >= 0.6 is 11.8 Å². The molecule has 104 valence electrons. The van der Waals surface area contributed by atoms with Gasteiger partial charge in [0.1, 0.15) is 0 Å². The summed E-state index contributed by atoms with van der Waals surface area (Å²) in [6, 6.07) is 0. The fourth-order valence-electron chi connectivity index (χ4n) is 0.484. The van der Waals surface area contributed by atoms with E-state index < -0.39 is 47.5 Å². The Kier molecular flexibility index (Phi) is 5.41. The molecule has 0 aliphatic heterocycles. The zero-order valence-corrected chi connectivity index (χ0v) is 8.31. The van der Waals surface area contributed by atoms with Crippen molar-refractivity contribution < 1.29 is 43.9 Å². The molecule has 0 aromatic heterocycles. The standard InChI is InChI=1S/C6H4F10S/c7-1(8)5(13,14)3(11)17-4(12)6(15,16)2(9)10/h1-4H. The van der Waals surface area contributed by atoms with Crippen LogP contribution in [-0.2, 0) is 0 Å². The number of rotatable bonds is 6. The lowest BCUT2D eigenvalue weighted by Gasteiger charge is -2.24. The van der Waals surface area contributed by atoms with Gasteiger partial charge in [0, 0.05) is 0 Å². The van der Waals surface area contributed by atoms with Crippen molar-refractivity contribution in [3.63, 3.8) is 0 Å². The topological polar surface area (TPSA) is 0 Å². The van der Waals surface area contributed by atoms with Crippen molar-refractivity contribution in [2.24, 2.45) is 0 Å². The average Bonchev–Trinajstić information content (AvgIpc) is 2.16. The van der Waals surface area contributed by atoms with Crippen molar-refractivity contribution in [2.45, 2.75) is 35.7 Å². The van der Waals surface area contributed by atoms with Gasteiger partial charge in [-0.3, -0.25) is 0 Å². The van der Waals surface area contributed by atoms with Crippen LogP contribution < -0.4 is 0 Å². The van der Waals surface area contributed by atoms with Crippen molar-refractivity contribution in [3.8, 4) is 0 Å². The Morgan fingerprint density at radius 2 is 0.824 bits per heavy atom. The highest BCUT2D eigenvalue weighted by Gasteiger charge is 2.56. The number of halogens is 10. The molecular weight excluding hydrogens is 294 g/mol. The second-order valence-electron chi connectivity index (χ2n) is 2.72. The molecule has 0 saturated carbocycles. The summed E-state index contributed by atoms with van der Waals surface area (Å²) < 4.78 is 119. The van der Waals surface area contributed by atoms with Crippen molar-refractivity contribution in [1.29, 1.82) is 0 Å². The summed E-state index contributed by atoms with van der Waals surface area (Å²) in [5.74, 6) is -10.8. The lowest BCUT2D eigenvalue weighted by molar-refractivity contribution is -0.156. The largest absolute Gasteiger partial charge is 0.347 e. The van der Waals surface area contributed by atoms with Gasteiger partial charge in [-0.15, -0.1) is 0 Å². The maximum Gasteiger partial charge on any atom is 0.347 e. The number of hydrogen-bond acceptors (Lipinski definition) is 1. The van der Waals surface area contributed by atoms with E-state index in [0.29, 0.717) is 0 Å². The molecule has 0 fully saturated rings. The van der Waals surface area contributed by atoms with E-state index >= 15 is 0 Å². The molecule has 0 aliphatic carbocycles. The van der Waals surface area contributed by atoms with Crippen LogP contribution in [0.15, 0.2) is 0 Å². The predicted molar refractivity (Wildman–Crippen MR) is 39.3 cm³/mol. The summed E-state index contributed by atoms with van der Waals surface area (Å²) in [6.07, 6.45) is -9.14. The molecule has 0 aromatic carbocycles. The molecule has 0 spiro atoms. The van der Waals surface area contributed by atoms with Crippen LogP contribution in [-0.4, -0.2) is 35.7 Å². The number of thioether (sulfide) groups is 1. The van der Waals surface area contributed by atoms with E-state index in [9.17, 15) is 43.9 Å². The normalized spacial score (nSPS) is 17.6. The molecule has 0 aromatic rings. The molecule has 11 heteroatoms. The van der Waals surface area contributed by atoms with Crippen LogP contribution in [0.25, 0.3) is 0 Å². The van der Waals surface area contributed by atoms with Crippen LogP contribution in [0.1, 0.15) is 0 Å². The molecule has 0 rings (SSSR count). The Morgan fingerprint density at radius 3 is 1.00 bits per heavy atom. The first kappa shape index (κ1) is 16.6. The van der Waals surface area contributed by atoms with Gasteiger partial charge in [-0.05, 0) is 0 Å². The Balaban J connectivity index is 4.65. The highest BCUT2D eigenvalue weighted by Crippen LogP contribution is 2.43. The fourth-order valence-corrected chi connectivity index (χ4v) is 1.26. The lowest BCUT2D eigenvalue weighted by Crippen LogP contribution is -2.41. The molecule has 0 N–H and O–H groups in total. The van der Waals surface area contributed by atoms with E-state index in [1.807, 2.05) is 0 Å². The molecule has 2 unspecified atom stereocenters. The van der Waals surface area contributed by atoms with Crippen LogP contribution in [0, 0.1) is 0 Å². The van der Waals surface area contributed by atoms with Gasteiger partial charge in [0.25, 0.3) is 0 Å². The molecule has 17 heavy (non-hydrogen) atoms. The van der Waals surface area contributed by atoms with Gasteiger partial charge in [-0.1, -0.05) is 11.8 Å². The minimum atomic E-state index is -5.41. The van der Waals surface area contributed by atoms with Gasteiger partial charge in [0.05, 0.1) is 0 Å². The fraction of sp³-hybridized carbons (Fsp3) is 1.00. The summed E-state index contributed by atoms with van der Waals surface area (Å²) in [6.45, 7) is 0. The molecule has 0 amide bonds. The van der Waals surface area contributed by atoms with Crippen molar-refractivity contribution >= 4 is 11.8 Å². The van der Waals surface area contributed by atoms with Gasteiger partial charge < -0.3 is 0 Å². The molecule has 0 saturated heterocycles. The van der Waals surface area contributed by atoms with Gasteiger partial charge in [0.15, 0.2) is 0 Å². The minimum absolute atomic E-state index is 1.62. The minimum Gasteiger partial charge on any atom is -0.228 e. The smallest absolute Gasteiger partial charge is 0.228 e. The summed E-state index contributed by atoms with van der Waals surface area (Å²) in [4.78, 5) is 0. The Labute approximate surface area is 92.3 Å². The van der Waals surface area contributed by atoms with E-state index in [0.717, 1.165) is 0 Å². The van der Waals surface area contributed by atoms with Crippen LogP contribution in [0.5, 0.6) is 0 Å². The van der Waals surface area contributed by atoms with Crippen LogP contribution in [0.3, 0.4) is 0 Å². The first-order chi connectivity index (χ1) is 7.44. The second kappa shape index (κ2) is 5.53. The van der Waals surface area contributed by atoms with Gasteiger partial charge >= 0.3 is 24.7 Å². The Hall–Kier alpha value is -0.350. The van der Waals surface area contributed by atoms with Gasteiger partial charge in [0.2, 0.25) is 11.0 Å². The van der Waals surface area contributed by atoms with Crippen LogP contribution in [0.4, 0.5) is 43.9 Å². The molecule has 0 heterocycles. The lowest BCUT2D eigenvalue weighted by atomic mass is 10.4. The molecule has 0 nitrogen and oxygen atoms in total. The van der Waals surface area contributed by atoms with Crippen molar-refractivity contribution in [2.75, 3.05) is 0 Å². The monoisotopic (exact) mass is 298 g/mol. The van der Waals surface area contributed by atoms with Crippen molar-refractivity contribution in [3.05, 3.63) is 0 Å². The van der Waals surface area contributed by atoms with E-state index in [-0.39, 0.29) is 0 Å². The SMILES string of the molecule is FC(F)C(F)(F)C(F)SC(F)C(F)(F)C(F)F.